The average Bonchev–Trinajstić information content (AvgIpc) is 2.78. The highest BCUT2D eigenvalue weighted by Crippen LogP contribution is 2.28. The molecule has 0 aromatic heterocycles. The monoisotopic (exact) mass is 442 g/mol. The predicted molar refractivity (Wildman–Crippen MR) is 121 cm³/mol. The Balaban J connectivity index is 1.93. The molecule has 1 aliphatic rings. The van der Waals surface area contributed by atoms with Crippen molar-refractivity contribution < 1.29 is 19.1 Å². The van der Waals surface area contributed by atoms with E-state index in [1.165, 1.54) is 0 Å². The average molecular weight is 443 g/mol. The summed E-state index contributed by atoms with van der Waals surface area (Å²) in [4.78, 5) is 27.9. The van der Waals surface area contributed by atoms with Gasteiger partial charge >= 0.3 is 0 Å². The van der Waals surface area contributed by atoms with Crippen molar-refractivity contribution in [3.63, 3.8) is 0 Å². The third-order valence-corrected chi connectivity index (χ3v) is 5.72. The van der Waals surface area contributed by atoms with Crippen LogP contribution in [0.5, 0.6) is 11.5 Å². The Labute approximate surface area is 187 Å². The van der Waals surface area contributed by atoms with Crippen LogP contribution in [0.15, 0.2) is 48.2 Å². The minimum Gasteiger partial charge on any atom is -0.493 e. The van der Waals surface area contributed by atoms with Gasteiger partial charge in [0.25, 0.3) is 11.8 Å². The molecule has 0 radical (unpaired) electrons. The number of piperidine rings is 1. The summed E-state index contributed by atoms with van der Waals surface area (Å²) in [6.45, 7) is 3.50. The number of benzene rings is 2. The quantitative estimate of drug-likeness (QED) is 0.674. The number of rotatable bonds is 6. The fraction of sp³-hybridized carbons (Fsp3) is 0.333. The maximum Gasteiger partial charge on any atom is 0.270 e. The second kappa shape index (κ2) is 10.4. The van der Waals surface area contributed by atoms with Crippen molar-refractivity contribution in [2.45, 2.75) is 19.8 Å². The van der Waals surface area contributed by atoms with E-state index in [-0.39, 0.29) is 11.6 Å². The second-order valence-corrected chi connectivity index (χ2v) is 7.99. The maximum absolute atomic E-state index is 13.3. The third-order valence-electron chi connectivity index (χ3n) is 5.39. The third kappa shape index (κ3) is 5.58. The van der Waals surface area contributed by atoms with Crippen molar-refractivity contribution in [2.24, 2.45) is 5.92 Å². The molecule has 6 nitrogen and oxygen atoms in total. The van der Waals surface area contributed by atoms with E-state index in [0.717, 1.165) is 12.8 Å². The summed E-state index contributed by atoms with van der Waals surface area (Å²) in [5, 5.41) is 3.10. The molecule has 0 bridgehead atoms. The van der Waals surface area contributed by atoms with Crippen molar-refractivity contribution in [2.75, 3.05) is 27.3 Å². The molecule has 1 fully saturated rings. The Kier molecular flexibility index (Phi) is 7.58. The number of halogens is 1. The van der Waals surface area contributed by atoms with E-state index in [1.807, 2.05) is 0 Å². The van der Waals surface area contributed by atoms with E-state index in [2.05, 4.69) is 12.2 Å². The molecule has 7 heteroatoms. The Bertz CT molecular complexity index is 981. The lowest BCUT2D eigenvalue weighted by molar-refractivity contribution is -0.128. The summed E-state index contributed by atoms with van der Waals surface area (Å²) in [6.07, 6.45) is 3.53. The zero-order valence-corrected chi connectivity index (χ0v) is 18.7. The maximum atomic E-state index is 13.3. The van der Waals surface area contributed by atoms with E-state index >= 15 is 0 Å². The van der Waals surface area contributed by atoms with E-state index in [0.29, 0.717) is 46.7 Å². The summed E-state index contributed by atoms with van der Waals surface area (Å²) in [5.41, 5.74) is 1.19. The molecule has 2 aromatic carbocycles. The van der Waals surface area contributed by atoms with Crippen LogP contribution in [0.4, 0.5) is 0 Å². The first-order chi connectivity index (χ1) is 14.9. The lowest BCUT2D eigenvalue weighted by Crippen LogP contribution is -2.42. The van der Waals surface area contributed by atoms with E-state index in [9.17, 15) is 9.59 Å². The van der Waals surface area contributed by atoms with Crippen LogP contribution < -0.4 is 14.8 Å². The fourth-order valence-electron chi connectivity index (χ4n) is 3.48. The molecule has 2 aromatic rings. The molecule has 31 heavy (non-hydrogen) atoms. The number of nitrogens with one attached hydrogen (secondary N) is 1. The van der Waals surface area contributed by atoms with Gasteiger partial charge in [0.1, 0.15) is 5.70 Å². The van der Waals surface area contributed by atoms with Crippen LogP contribution in [-0.4, -0.2) is 44.0 Å². The lowest BCUT2D eigenvalue weighted by atomic mass is 9.99. The van der Waals surface area contributed by atoms with Crippen molar-refractivity contribution >= 4 is 29.5 Å². The van der Waals surface area contributed by atoms with Crippen LogP contribution in [0.1, 0.15) is 35.7 Å². The summed E-state index contributed by atoms with van der Waals surface area (Å²) in [7, 11) is 3.11. The summed E-state index contributed by atoms with van der Waals surface area (Å²) < 4.78 is 10.6. The van der Waals surface area contributed by atoms with Gasteiger partial charge in [0.2, 0.25) is 0 Å². The molecule has 0 spiro atoms. The number of methoxy groups -OCH3 is 2. The highest BCUT2D eigenvalue weighted by Gasteiger charge is 2.25. The predicted octanol–water partition coefficient (Wildman–Crippen LogP) is 4.39. The Morgan fingerprint density at radius 2 is 1.74 bits per heavy atom. The number of nitrogens with zero attached hydrogens (tertiary/aromatic N) is 1. The van der Waals surface area contributed by atoms with Gasteiger partial charge in [-0.15, -0.1) is 0 Å². The Morgan fingerprint density at radius 1 is 1.06 bits per heavy atom. The SMILES string of the molecule is COc1ccc(/C=C(\NC(=O)c2ccccc2Cl)C(=O)N2CCC(C)CC2)cc1OC. The normalized spacial score (nSPS) is 14.8. The van der Waals surface area contributed by atoms with Crippen molar-refractivity contribution in [3.05, 3.63) is 64.3 Å². The molecule has 0 saturated carbocycles. The van der Waals surface area contributed by atoms with Gasteiger partial charge in [-0.25, -0.2) is 0 Å². The molecule has 3 rings (SSSR count). The van der Waals surface area contributed by atoms with Crippen LogP contribution in [0.2, 0.25) is 5.02 Å². The lowest BCUT2D eigenvalue weighted by Gasteiger charge is -2.31. The first kappa shape index (κ1) is 22.7. The molecule has 0 unspecified atom stereocenters. The largest absolute Gasteiger partial charge is 0.493 e. The van der Waals surface area contributed by atoms with Crippen LogP contribution in [0.3, 0.4) is 0 Å². The smallest absolute Gasteiger partial charge is 0.270 e. The molecular weight excluding hydrogens is 416 g/mol. The molecule has 1 heterocycles. The highest BCUT2D eigenvalue weighted by molar-refractivity contribution is 6.34. The van der Waals surface area contributed by atoms with Crippen LogP contribution in [0, 0.1) is 5.92 Å². The molecule has 2 amide bonds. The zero-order valence-electron chi connectivity index (χ0n) is 18.0. The van der Waals surface area contributed by atoms with Crippen molar-refractivity contribution in [1.82, 2.24) is 10.2 Å². The summed E-state index contributed by atoms with van der Waals surface area (Å²) >= 11 is 6.17. The van der Waals surface area contributed by atoms with E-state index < -0.39 is 5.91 Å². The Morgan fingerprint density at radius 3 is 2.39 bits per heavy atom. The van der Waals surface area contributed by atoms with Crippen LogP contribution >= 0.6 is 11.6 Å². The number of hydrogen-bond donors (Lipinski definition) is 1. The van der Waals surface area contributed by atoms with Crippen LogP contribution in [-0.2, 0) is 4.79 Å². The van der Waals surface area contributed by atoms with Crippen molar-refractivity contribution in [3.8, 4) is 11.5 Å². The molecule has 1 N–H and O–H groups in total. The molecule has 1 aliphatic heterocycles. The summed E-state index contributed by atoms with van der Waals surface area (Å²) in [5.74, 6) is 1.04. The van der Waals surface area contributed by atoms with Gasteiger partial charge in [-0.1, -0.05) is 36.7 Å². The van der Waals surface area contributed by atoms with Gasteiger partial charge in [-0.3, -0.25) is 9.59 Å². The minimum atomic E-state index is -0.434. The van der Waals surface area contributed by atoms with Gasteiger partial charge in [0.15, 0.2) is 11.5 Å². The van der Waals surface area contributed by atoms with Gasteiger partial charge in [-0.05, 0) is 54.7 Å². The van der Waals surface area contributed by atoms with Gasteiger partial charge < -0.3 is 19.7 Å². The van der Waals surface area contributed by atoms with Gasteiger partial charge in [0, 0.05) is 13.1 Å². The van der Waals surface area contributed by atoms with Gasteiger partial charge in [0.05, 0.1) is 24.8 Å². The topological polar surface area (TPSA) is 67.9 Å². The molecule has 1 saturated heterocycles. The standard InChI is InChI=1S/C24H27ClN2O4/c1-16-10-12-27(13-11-16)24(29)20(26-23(28)18-6-4-5-7-19(18)25)14-17-8-9-21(30-2)22(15-17)31-3/h4-9,14-16H,10-13H2,1-3H3,(H,26,28)/b20-14-. The number of ether oxygens (including phenoxy) is 2. The minimum absolute atomic E-state index is 0.187. The second-order valence-electron chi connectivity index (χ2n) is 7.58. The number of likely N-dealkylation sites (tertiary alicyclic amines) is 1. The molecular formula is C24H27ClN2O4. The number of amides is 2. The first-order valence-electron chi connectivity index (χ1n) is 10.2. The van der Waals surface area contributed by atoms with Gasteiger partial charge in [-0.2, -0.15) is 0 Å². The molecule has 0 atom stereocenters. The van der Waals surface area contributed by atoms with E-state index in [1.54, 1.807) is 67.7 Å². The molecule has 164 valence electrons. The number of hydrogen-bond acceptors (Lipinski definition) is 4. The Hall–Kier alpha value is -2.99. The van der Waals surface area contributed by atoms with Crippen molar-refractivity contribution in [1.29, 1.82) is 0 Å². The number of carbonyl (C=O) groups excluding carboxylic acids is 2. The number of carbonyl (C=O) groups is 2. The first-order valence-corrected chi connectivity index (χ1v) is 10.6. The molecule has 0 aliphatic carbocycles. The highest BCUT2D eigenvalue weighted by atomic mass is 35.5. The summed E-state index contributed by atoms with van der Waals surface area (Å²) in [6, 6.07) is 12.1. The fourth-order valence-corrected chi connectivity index (χ4v) is 3.70. The van der Waals surface area contributed by atoms with Crippen LogP contribution in [0.25, 0.3) is 6.08 Å². The zero-order chi connectivity index (χ0) is 22.4. The van der Waals surface area contributed by atoms with E-state index in [4.69, 9.17) is 21.1 Å².